The summed E-state index contributed by atoms with van der Waals surface area (Å²) in [4.78, 5) is 25.3. The molecule has 8 nitrogen and oxygen atoms in total. The third-order valence-electron chi connectivity index (χ3n) is 5.11. The molecule has 0 aliphatic heterocycles. The molecule has 2 N–H and O–H groups in total. The van der Waals surface area contributed by atoms with Gasteiger partial charge in [-0.05, 0) is 50.1 Å². The number of nitrogens with zero attached hydrogens (tertiary/aromatic N) is 3. The van der Waals surface area contributed by atoms with E-state index in [9.17, 15) is 9.59 Å². The van der Waals surface area contributed by atoms with Gasteiger partial charge in [-0.15, -0.1) is 0 Å². The Hall–Kier alpha value is -2.87. The van der Waals surface area contributed by atoms with Crippen molar-refractivity contribution in [2.75, 3.05) is 20.2 Å². The standard InChI is InChI=1S/C20H26N4O4/c1-4-23(12-19(25)26)15-10-14(11-15)21-20(27)16-7-8-24(22-16)17-9-13(2)5-6-18(17)28-3/h5-9,14-15H,4,10-12H2,1-3H3,(H,21,27)(H,25,26). The number of carboxylic acid groups (broad SMARTS) is 1. The molecule has 1 saturated carbocycles. The zero-order valence-corrected chi connectivity index (χ0v) is 16.4. The maximum atomic E-state index is 12.5. The maximum Gasteiger partial charge on any atom is 0.317 e. The largest absolute Gasteiger partial charge is 0.494 e. The number of ether oxygens (including phenoxy) is 1. The van der Waals surface area contributed by atoms with Crippen LogP contribution in [0.2, 0.25) is 0 Å². The van der Waals surface area contributed by atoms with Crippen LogP contribution in [0.3, 0.4) is 0 Å². The Bertz CT molecular complexity index is 858. The Morgan fingerprint density at radius 1 is 1.36 bits per heavy atom. The van der Waals surface area contributed by atoms with Gasteiger partial charge in [0.25, 0.3) is 5.91 Å². The van der Waals surface area contributed by atoms with Crippen molar-refractivity contribution in [3.8, 4) is 11.4 Å². The van der Waals surface area contributed by atoms with Crippen molar-refractivity contribution in [1.29, 1.82) is 0 Å². The van der Waals surface area contributed by atoms with E-state index < -0.39 is 5.97 Å². The van der Waals surface area contributed by atoms with Gasteiger partial charge in [-0.3, -0.25) is 14.5 Å². The van der Waals surface area contributed by atoms with Crippen LogP contribution in [0.4, 0.5) is 0 Å². The van der Waals surface area contributed by atoms with Gasteiger partial charge in [-0.2, -0.15) is 5.10 Å². The van der Waals surface area contributed by atoms with Crippen LogP contribution in [-0.2, 0) is 4.79 Å². The second-order valence-corrected chi connectivity index (χ2v) is 7.07. The molecule has 0 unspecified atom stereocenters. The number of hydrogen-bond donors (Lipinski definition) is 2. The van der Waals surface area contributed by atoms with Gasteiger partial charge >= 0.3 is 5.97 Å². The van der Waals surface area contributed by atoms with Gasteiger partial charge in [0.05, 0.1) is 13.7 Å². The van der Waals surface area contributed by atoms with Gasteiger partial charge in [0, 0.05) is 18.3 Å². The highest BCUT2D eigenvalue weighted by molar-refractivity contribution is 5.92. The average Bonchev–Trinajstić information content (AvgIpc) is 3.12. The van der Waals surface area contributed by atoms with E-state index in [1.54, 1.807) is 24.1 Å². The molecule has 8 heteroatoms. The fraction of sp³-hybridized carbons (Fsp3) is 0.450. The minimum absolute atomic E-state index is 0.0323. The number of carbonyl (C=O) groups excluding carboxylic acids is 1. The van der Waals surface area contributed by atoms with Crippen LogP contribution in [0.15, 0.2) is 30.5 Å². The van der Waals surface area contributed by atoms with Crippen LogP contribution in [0.1, 0.15) is 35.8 Å². The van der Waals surface area contributed by atoms with Gasteiger partial charge in [0.2, 0.25) is 0 Å². The third-order valence-corrected chi connectivity index (χ3v) is 5.11. The summed E-state index contributed by atoms with van der Waals surface area (Å²) in [5.74, 6) is -0.373. The quantitative estimate of drug-likeness (QED) is 0.719. The zero-order chi connectivity index (χ0) is 20.3. The normalized spacial score (nSPS) is 18.6. The van der Waals surface area contributed by atoms with E-state index >= 15 is 0 Å². The monoisotopic (exact) mass is 386 g/mol. The molecule has 150 valence electrons. The highest BCUT2D eigenvalue weighted by Gasteiger charge is 2.35. The number of hydrogen-bond acceptors (Lipinski definition) is 5. The molecule has 0 radical (unpaired) electrons. The first kappa shape index (κ1) is 19.9. The molecular weight excluding hydrogens is 360 g/mol. The molecule has 0 saturated heterocycles. The first-order chi connectivity index (χ1) is 13.4. The lowest BCUT2D eigenvalue weighted by Crippen LogP contribution is -2.54. The van der Waals surface area contributed by atoms with E-state index in [2.05, 4.69) is 10.4 Å². The highest BCUT2D eigenvalue weighted by atomic mass is 16.5. The van der Waals surface area contributed by atoms with Gasteiger partial charge < -0.3 is 15.2 Å². The number of aryl methyl sites for hydroxylation is 1. The average molecular weight is 386 g/mol. The summed E-state index contributed by atoms with van der Waals surface area (Å²) in [5, 5.41) is 16.3. The number of carbonyl (C=O) groups is 2. The molecule has 1 aliphatic carbocycles. The lowest BCUT2D eigenvalue weighted by atomic mass is 9.85. The molecule has 2 aromatic rings. The van der Waals surface area contributed by atoms with E-state index in [-0.39, 0.29) is 24.5 Å². The summed E-state index contributed by atoms with van der Waals surface area (Å²) in [6.45, 7) is 4.64. The second-order valence-electron chi connectivity index (χ2n) is 7.07. The number of benzene rings is 1. The highest BCUT2D eigenvalue weighted by Crippen LogP contribution is 2.26. The third kappa shape index (κ3) is 4.33. The van der Waals surface area contributed by atoms with Gasteiger partial charge in [0.1, 0.15) is 11.4 Å². The van der Waals surface area contributed by atoms with Gasteiger partial charge in [0.15, 0.2) is 5.69 Å². The number of amides is 1. The first-order valence-electron chi connectivity index (χ1n) is 9.38. The molecule has 28 heavy (non-hydrogen) atoms. The van der Waals surface area contributed by atoms with E-state index in [0.29, 0.717) is 18.0 Å². The van der Waals surface area contributed by atoms with Gasteiger partial charge in [-0.1, -0.05) is 13.0 Å². The van der Waals surface area contributed by atoms with E-state index in [4.69, 9.17) is 9.84 Å². The summed E-state index contributed by atoms with van der Waals surface area (Å²) in [6, 6.07) is 7.69. The number of aromatic nitrogens is 2. The van der Waals surface area contributed by atoms with Crippen LogP contribution < -0.4 is 10.1 Å². The number of nitrogens with one attached hydrogen (secondary N) is 1. The Morgan fingerprint density at radius 2 is 2.11 bits per heavy atom. The number of aliphatic carboxylic acids is 1. The maximum absolute atomic E-state index is 12.5. The summed E-state index contributed by atoms with van der Waals surface area (Å²) in [6.07, 6.45) is 3.24. The summed E-state index contributed by atoms with van der Waals surface area (Å²) in [5.41, 5.74) is 2.18. The number of methoxy groups -OCH3 is 1. The number of likely N-dealkylation sites (N-methyl/N-ethyl adjacent to an activating group) is 1. The first-order valence-corrected chi connectivity index (χ1v) is 9.38. The fourth-order valence-corrected chi connectivity index (χ4v) is 3.49. The molecule has 0 bridgehead atoms. The summed E-state index contributed by atoms with van der Waals surface area (Å²) in [7, 11) is 1.60. The van der Waals surface area contributed by atoms with Crippen molar-refractivity contribution in [1.82, 2.24) is 20.0 Å². The molecule has 1 aromatic heterocycles. The summed E-state index contributed by atoms with van der Waals surface area (Å²) >= 11 is 0. The Morgan fingerprint density at radius 3 is 2.75 bits per heavy atom. The number of rotatable bonds is 8. The topological polar surface area (TPSA) is 96.7 Å². The van der Waals surface area contributed by atoms with Crippen molar-refractivity contribution in [3.05, 3.63) is 41.7 Å². The molecule has 0 atom stereocenters. The van der Waals surface area contributed by atoms with Crippen LogP contribution in [0.25, 0.3) is 5.69 Å². The Kier molecular flexibility index (Phi) is 5.99. The molecule has 1 aromatic carbocycles. The van der Waals surface area contributed by atoms with E-state index in [0.717, 1.165) is 24.1 Å². The molecule has 1 aliphatic rings. The van der Waals surface area contributed by atoms with Crippen LogP contribution in [0.5, 0.6) is 5.75 Å². The minimum atomic E-state index is -0.827. The minimum Gasteiger partial charge on any atom is -0.494 e. The van der Waals surface area contributed by atoms with Crippen LogP contribution >= 0.6 is 0 Å². The molecule has 1 amide bonds. The molecule has 3 rings (SSSR count). The smallest absolute Gasteiger partial charge is 0.317 e. The number of carboxylic acids is 1. The van der Waals surface area contributed by atoms with Crippen molar-refractivity contribution >= 4 is 11.9 Å². The van der Waals surface area contributed by atoms with Crippen LogP contribution in [0, 0.1) is 6.92 Å². The molecule has 0 spiro atoms. The Labute approximate surface area is 164 Å². The lowest BCUT2D eigenvalue weighted by Gasteiger charge is -2.42. The van der Waals surface area contributed by atoms with Crippen LogP contribution in [-0.4, -0.2) is 63.9 Å². The molecule has 1 fully saturated rings. The predicted molar refractivity (Wildman–Crippen MR) is 104 cm³/mol. The van der Waals surface area contributed by atoms with E-state index in [1.807, 2.05) is 36.9 Å². The molecule has 1 heterocycles. The lowest BCUT2D eigenvalue weighted by molar-refractivity contribution is -0.139. The van der Waals surface area contributed by atoms with Crippen molar-refractivity contribution < 1.29 is 19.4 Å². The SMILES string of the molecule is CCN(CC(=O)O)C1CC(NC(=O)c2ccn(-c3cc(C)ccc3OC)n2)C1. The predicted octanol–water partition coefficient (Wildman–Crippen LogP) is 1.86. The molecular formula is C20H26N4O4. The van der Waals surface area contributed by atoms with E-state index in [1.165, 1.54) is 0 Å². The fourth-order valence-electron chi connectivity index (χ4n) is 3.49. The second kappa shape index (κ2) is 8.43. The summed E-state index contributed by atoms with van der Waals surface area (Å²) < 4.78 is 7.01. The van der Waals surface area contributed by atoms with Crippen molar-refractivity contribution in [2.45, 2.75) is 38.8 Å². The Balaban J connectivity index is 1.60. The van der Waals surface area contributed by atoms with Crippen molar-refractivity contribution in [2.24, 2.45) is 0 Å². The van der Waals surface area contributed by atoms with Crippen molar-refractivity contribution in [3.63, 3.8) is 0 Å². The zero-order valence-electron chi connectivity index (χ0n) is 16.4. The van der Waals surface area contributed by atoms with Gasteiger partial charge in [-0.25, -0.2) is 4.68 Å².